The number of urea groups is 1. The first-order valence-corrected chi connectivity index (χ1v) is 8.47. The number of carbonyl (C=O) groups excluding carboxylic acids is 2. The van der Waals surface area contributed by atoms with E-state index in [9.17, 15) is 14.0 Å². The number of hydrogen-bond acceptors (Lipinski definition) is 3. The summed E-state index contributed by atoms with van der Waals surface area (Å²) < 4.78 is 13.6. The number of imide groups is 1. The Labute approximate surface area is 134 Å². The average molecular weight is 324 g/mol. The molecule has 0 heterocycles. The van der Waals surface area contributed by atoms with E-state index in [2.05, 4.69) is 10.6 Å². The molecule has 3 amide bonds. The summed E-state index contributed by atoms with van der Waals surface area (Å²) in [4.78, 5) is 24.2. The largest absolute Gasteiger partial charge is 0.335 e. The minimum Gasteiger partial charge on any atom is -0.335 e. The third kappa shape index (κ3) is 5.02. The Hall–Kier alpha value is -1.56. The van der Waals surface area contributed by atoms with E-state index >= 15 is 0 Å². The predicted molar refractivity (Wildman–Crippen MR) is 85.3 cm³/mol. The molecule has 1 aliphatic rings. The molecule has 0 unspecified atom stereocenters. The summed E-state index contributed by atoms with van der Waals surface area (Å²) >= 11 is 1.10. The molecule has 0 bridgehead atoms. The summed E-state index contributed by atoms with van der Waals surface area (Å²) in [6.45, 7) is 1.65. The lowest BCUT2D eigenvalue weighted by Crippen LogP contribution is -2.47. The average Bonchev–Trinajstić information content (AvgIpc) is 2.50. The summed E-state index contributed by atoms with van der Waals surface area (Å²) in [5.41, 5.74) is 0. The maximum absolute atomic E-state index is 13.6. The fourth-order valence-corrected chi connectivity index (χ4v) is 3.35. The van der Waals surface area contributed by atoms with Crippen LogP contribution in [0.1, 0.15) is 39.0 Å². The van der Waals surface area contributed by atoms with Crippen LogP contribution in [-0.2, 0) is 4.79 Å². The highest BCUT2D eigenvalue weighted by Gasteiger charge is 2.21. The highest BCUT2D eigenvalue weighted by molar-refractivity contribution is 8.00. The van der Waals surface area contributed by atoms with Crippen LogP contribution in [0.3, 0.4) is 0 Å². The molecule has 0 radical (unpaired) electrons. The van der Waals surface area contributed by atoms with Gasteiger partial charge in [-0.05, 0) is 31.9 Å². The summed E-state index contributed by atoms with van der Waals surface area (Å²) in [6, 6.07) is 5.97. The Balaban J connectivity index is 1.80. The van der Waals surface area contributed by atoms with Crippen molar-refractivity contribution in [2.24, 2.45) is 0 Å². The summed E-state index contributed by atoms with van der Waals surface area (Å²) in [5.74, 6) is -0.777. The van der Waals surface area contributed by atoms with E-state index in [1.54, 1.807) is 25.1 Å². The molecule has 2 rings (SSSR count). The second-order valence-electron chi connectivity index (χ2n) is 5.49. The third-order valence-electron chi connectivity index (χ3n) is 3.69. The van der Waals surface area contributed by atoms with Gasteiger partial charge in [0.25, 0.3) is 0 Å². The molecule has 1 saturated carbocycles. The highest BCUT2D eigenvalue weighted by atomic mass is 32.2. The molecule has 0 aliphatic heterocycles. The summed E-state index contributed by atoms with van der Waals surface area (Å²) in [6.07, 6.45) is 5.34. The van der Waals surface area contributed by atoms with Crippen molar-refractivity contribution in [3.63, 3.8) is 0 Å². The van der Waals surface area contributed by atoms with E-state index in [0.29, 0.717) is 4.90 Å². The van der Waals surface area contributed by atoms with E-state index in [1.807, 2.05) is 0 Å². The number of thioether (sulfide) groups is 1. The topological polar surface area (TPSA) is 58.2 Å². The first kappa shape index (κ1) is 16.8. The number of hydrogen-bond donors (Lipinski definition) is 2. The summed E-state index contributed by atoms with van der Waals surface area (Å²) in [5, 5.41) is 4.61. The third-order valence-corrected chi connectivity index (χ3v) is 4.84. The lowest BCUT2D eigenvalue weighted by Gasteiger charge is -2.23. The van der Waals surface area contributed by atoms with Crippen LogP contribution in [0.4, 0.5) is 9.18 Å². The number of benzene rings is 1. The first-order valence-electron chi connectivity index (χ1n) is 7.59. The zero-order chi connectivity index (χ0) is 15.9. The van der Waals surface area contributed by atoms with Gasteiger partial charge in [-0.15, -0.1) is 11.8 Å². The van der Waals surface area contributed by atoms with Gasteiger partial charge in [0.15, 0.2) is 0 Å². The van der Waals surface area contributed by atoms with Gasteiger partial charge in [-0.25, -0.2) is 9.18 Å². The van der Waals surface area contributed by atoms with Gasteiger partial charge in [0.1, 0.15) is 5.82 Å². The Morgan fingerprint density at radius 2 is 1.91 bits per heavy atom. The minimum atomic E-state index is -0.547. The normalized spacial score (nSPS) is 16.8. The maximum atomic E-state index is 13.6. The van der Waals surface area contributed by atoms with Gasteiger partial charge < -0.3 is 5.32 Å². The standard InChI is InChI=1S/C16H21FN2O2S/c1-11(22-14-10-6-5-9-13(14)17)15(20)19-16(21)18-12-7-3-2-4-8-12/h5-6,9-12H,2-4,7-8H2,1H3,(H2,18,19,20,21)/t11-/m1/s1. The van der Waals surface area contributed by atoms with Gasteiger partial charge in [0.05, 0.1) is 5.25 Å². The highest BCUT2D eigenvalue weighted by Crippen LogP contribution is 2.25. The van der Waals surface area contributed by atoms with Gasteiger partial charge in [-0.3, -0.25) is 10.1 Å². The SMILES string of the molecule is C[C@@H](Sc1ccccc1F)C(=O)NC(=O)NC1CCCCC1. The van der Waals surface area contributed by atoms with Gasteiger partial charge in [-0.2, -0.15) is 0 Å². The molecule has 1 aromatic rings. The van der Waals surface area contributed by atoms with E-state index in [-0.39, 0.29) is 11.9 Å². The van der Waals surface area contributed by atoms with Crippen LogP contribution in [-0.4, -0.2) is 23.2 Å². The molecule has 4 nitrogen and oxygen atoms in total. The van der Waals surface area contributed by atoms with Crippen molar-refractivity contribution in [1.82, 2.24) is 10.6 Å². The molecule has 1 fully saturated rings. The van der Waals surface area contributed by atoms with Gasteiger partial charge in [0, 0.05) is 10.9 Å². The van der Waals surface area contributed by atoms with Crippen molar-refractivity contribution >= 4 is 23.7 Å². The first-order chi connectivity index (χ1) is 10.6. The van der Waals surface area contributed by atoms with Crippen molar-refractivity contribution in [3.8, 4) is 0 Å². The Morgan fingerprint density at radius 1 is 1.23 bits per heavy atom. The number of carbonyl (C=O) groups is 2. The number of halogens is 1. The second-order valence-corrected chi connectivity index (χ2v) is 6.87. The predicted octanol–water partition coefficient (Wildman–Crippen LogP) is 3.46. The molecule has 1 aromatic carbocycles. The summed E-state index contributed by atoms with van der Waals surface area (Å²) in [7, 11) is 0. The molecule has 0 spiro atoms. The Kier molecular flexibility index (Phi) is 6.24. The van der Waals surface area contributed by atoms with E-state index in [4.69, 9.17) is 0 Å². The zero-order valence-electron chi connectivity index (χ0n) is 12.6. The minimum absolute atomic E-state index is 0.149. The van der Waals surface area contributed by atoms with Gasteiger partial charge in [0.2, 0.25) is 5.91 Å². The van der Waals surface area contributed by atoms with Crippen molar-refractivity contribution in [1.29, 1.82) is 0 Å². The van der Waals surface area contributed by atoms with E-state index < -0.39 is 17.2 Å². The van der Waals surface area contributed by atoms with Gasteiger partial charge >= 0.3 is 6.03 Å². The van der Waals surface area contributed by atoms with Crippen LogP contribution in [0.25, 0.3) is 0 Å². The molecule has 1 aliphatic carbocycles. The monoisotopic (exact) mass is 324 g/mol. The van der Waals surface area contributed by atoms with Crippen molar-refractivity contribution in [2.75, 3.05) is 0 Å². The van der Waals surface area contributed by atoms with Crippen LogP contribution in [0.5, 0.6) is 0 Å². The van der Waals surface area contributed by atoms with E-state index in [1.165, 1.54) is 12.5 Å². The van der Waals surface area contributed by atoms with Crippen molar-refractivity contribution in [2.45, 2.75) is 55.2 Å². The number of rotatable bonds is 4. The van der Waals surface area contributed by atoms with Crippen LogP contribution in [0.15, 0.2) is 29.2 Å². The Morgan fingerprint density at radius 3 is 2.59 bits per heavy atom. The molecular weight excluding hydrogens is 303 g/mol. The van der Waals surface area contributed by atoms with Gasteiger partial charge in [-0.1, -0.05) is 31.4 Å². The molecule has 120 valence electrons. The van der Waals surface area contributed by atoms with Crippen LogP contribution in [0.2, 0.25) is 0 Å². The van der Waals surface area contributed by atoms with E-state index in [0.717, 1.165) is 37.4 Å². The molecule has 1 atom stereocenters. The molecule has 2 N–H and O–H groups in total. The zero-order valence-corrected chi connectivity index (χ0v) is 13.4. The Bertz CT molecular complexity index is 533. The molecule has 0 aromatic heterocycles. The molecule has 6 heteroatoms. The molecule has 22 heavy (non-hydrogen) atoms. The van der Waals surface area contributed by atoms with Crippen molar-refractivity contribution in [3.05, 3.63) is 30.1 Å². The number of nitrogens with one attached hydrogen (secondary N) is 2. The quantitative estimate of drug-likeness (QED) is 0.834. The molecule has 0 saturated heterocycles. The fraction of sp³-hybridized carbons (Fsp3) is 0.500. The van der Waals surface area contributed by atoms with Crippen LogP contribution in [0, 0.1) is 5.82 Å². The second kappa shape index (κ2) is 8.17. The van der Waals surface area contributed by atoms with Crippen molar-refractivity contribution < 1.29 is 14.0 Å². The molecular formula is C16H21FN2O2S. The fourth-order valence-electron chi connectivity index (χ4n) is 2.47. The lowest BCUT2D eigenvalue weighted by atomic mass is 9.96. The smallest absolute Gasteiger partial charge is 0.321 e. The van der Waals surface area contributed by atoms with Crippen LogP contribution >= 0.6 is 11.8 Å². The van der Waals surface area contributed by atoms with Crippen LogP contribution < -0.4 is 10.6 Å². The number of amides is 3. The lowest BCUT2D eigenvalue weighted by molar-refractivity contribution is -0.119. The maximum Gasteiger partial charge on any atom is 0.321 e.